The second-order valence-electron chi connectivity index (χ2n) is 7.15. The van der Waals surface area contributed by atoms with Crippen LogP contribution in [0.2, 0.25) is 0 Å². The number of ether oxygens (including phenoxy) is 3. The van der Waals surface area contributed by atoms with Crippen molar-refractivity contribution in [3.8, 4) is 11.5 Å². The third-order valence-electron chi connectivity index (χ3n) is 5.79. The number of methoxy groups -OCH3 is 2. The molecule has 2 aliphatic heterocycles. The van der Waals surface area contributed by atoms with Crippen molar-refractivity contribution in [2.45, 2.75) is 39.5 Å². The van der Waals surface area contributed by atoms with Crippen LogP contribution in [-0.4, -0.2) is 50.2 Å². The lowest BCUT2D eigenvalue weighted by atomic mass is 9.77. The highest BCUT2D eigenvalue weighted by molar-refractivity contribution is 6.00. The first-order chi connectivity index (χ1) is 12.6. The topological polar surface area (TPSA) is 47.8 Å². The van der Waals surface area contributed by atoms with Crippen molar-refractivity contribution in [3.05, 3.63) is 23.3 Å². The molecule has 2 heterocycles. The lowest BCUT2D eigenvalue weighted by Gasteiger charge is -2.32. The van der Waals surface area contributed by atoms with Crippen molar-refractivity contribution in [2.24, 2.45) is 11.8 Å². The molecule has 26 heavy (non-hydrogen) atoms. The molecule has 0 aromatic heterocycles. The Kier molecular flexibility index (Phi) is 5.84. The van der Waals surface area contributed by atoms with Crippen molar-refractivity contribution in [2.75, 3.05) is 33.9 Å². The van der Waals surface area contributed by atoms with Crippen LogP contribution in [0.15, 0.2) is 12.1 Å². The van der Waals surface area contributed by atoms with E-state index in [1.807, 2.05) is 6.92 Å². The Morgan fingerprint density at radius 2 is 1.88 bits per heavy atom. The number of benzene rings is 1. The van der Waals surface area contributed by atoms with E-state index in [-0.39, 0.29) is 5.97 Å². The number of carbonyl (C=O) groups excluding carboxylic acids is 1. The first-order valence-corrected chi connectivity index (χ1v) is 9.62. The number of rotatable bonds is 6. The Morgan fingerprint density at radius 3 is 2.54 bits per heavy atom. The van der Waals surface area contributed by atoms with Crippen LogP contribution in [0.25, 0.3) is 0 Å². The summed E-state index contributed by atoms with van der Waals surface area (Å²) < 4.78 is 18.7. The summed E-state index contributed by atoms with van der Waals surface area (Å²) in [7, 11) is 3.35. The first kappa shape index (κ1) is 18.7. The Labute approximate surface area is 156 Å². The number of esters is 1. The maximum absolute atomic E-state index is 12.1. The molecular weight excluding hydrogens is 330 g/mol. The molecule has 2 aliphatic rings. The van der Waals surface area contributed by atoms with Gasteiger partial charge in [-0.2, -0.15) is 0 Å². The van der Waals surface area contributed by atoms with Gasteiger partial charge in [-0.25, -0.2) is 4.58 Å². The molecule has 1 aromatic rings. The van der Waals surface area contributed by atoms with Crippen LogP contribution in [0.4, 0.5) is 0 Å². The van der Waals surface area contributed by atoms with Crippen LogP contribution in [0.5, 0.6) is 11.5 Å². The third kappa shape index (κ3) is 3.57. The molecule has 0 saturated heterocycles. The SMILES string of the molecule is CCOC(=O)C[C@H]1CC2=[N+](CCc3cc(OC)c(OC)cc32)C[C@H]1CC. The summed E-state index contributed by atoms with van der Waals surface area (Å²) >= 11 is 0. The maximum Gasteiger partial charge on any atom is 0.306 e. The van der Waals surface area contributed by atoms with Gasteiger partial charge < -0.3 is 14.2 Å². The quantitative estimate of drug-likeness (QED) is 0.578. The molecule has 0 saturated carbocycles. The highest BCUT2D eigenvalue weighted by Gasteiger charge is 2.39. The van der Waals surface area contributed by atoms with E-state index < -0.39 is 0 Å². The molecule has 0 unspecified atom stereocenters. The van der Waals surface area contributed by atoms with Gasteiger partial charge >= 0.3 is 5.97 Å². The normalized spacial score (nSPS) is 21.7. The van der Waals surface area contributed by atoms with E-state index >= 15 is 0 Å². The average molecular weight is 360 g/mol. The summed E-state index contributed by atoms with van der Waals surface area (Å²) in [5, 5.41) is 0. The van der Waals surface area contributed by atoms with E-state index in [1.165, 1.54) is 16.8 Å². The van der Waals surface area contributed by atoms with Gasteiger partial charge in [0.25, 0.3) is 0 Å². The molecule has 142 valence electrons. The number of nitrogens with zero attached hydrogens (tertiary/aromatic N) is 1. The monoisotopic (exact) mass is 360 g/mol. The Morgan fingerprint density at radius 1 is 1.15 bits per heavy atom. The fourth-order valence-corrected chi connectivity index (χ4v) is 4.38. The minimum absolute atomic E-state index is 0.0756. The standard InChI is InChI=1S/C21H30NO4/c1-5-14-13-22-8-7-15-10-19(24-3)20(25-4)12-17(15)18(22)9-16(14)11-21(23)26-6-2/h10,12,14,16H,5-9,11,13H2,1-4H3/q+1/t14-,16-/m1/s1. The van der Waals surface area contributed by atoms with Gasteiger partial charge in [0, 0.05) is 30.7 Å². The first-order valence-electron chi connectivity index (χ1n) is 9.62. The van der Waals surface area contributed by atoms with Gasteiger partial charge in [-0.05, 0) is 37.0 Å². The van der Waals surface area contributed by atoms with Gasteiger partial charge in [-0.1, -0.05) is 6.92 Å². The molecule has 0 bridgehead atoms. The van der Waals surface area contributed by atoms with Gasteiger partial charge in [-0.15, -0.1) is 0 Å². The fraction of sp³-hybridized carbons (Fsp3) is 0.619. The van der Waals surface area contributed by atoms with Crippen molar-refractivity contribution in [3.63, 3.8) is 0 Å². The summed E-state index contributed by atoms with van der Waals surface area (Å²) in [6.45, 7) is 6.58. The molecule has 0 spiro atoms. The zero-order valence-corrected chi connectivity index (χ0v) is 16.3. The highest BCUT2D eigenvalue weighted by Crippen LogP contribution is 2.37. The van der Waals surface area contributed by atoms with Crippen molar-refractivity contribution < 1.29 is 23.6 Å². The van der Waals surface area contributed by atoms with E-state index in [0.29, 0.717) is 24.9 Å². The van der Waals surface area contributed by atoms with Crippen LogP contribution in [0.3, 0.4) is 0 Å². The van der Waals surface area contributed by atoms with E-state index in [1.54, 1.807) is 14.2 Å². The van der Waals surface area contributed by atoms with Crippen LogP contribution < -0.4 is 9.47 Å². The van der Waals surface area contributed by atoms with Gasteiger partial charge in [0.1, 0.15) is 13.1 Å². The summed E-state index contributed by atoms with van der Waals surface area (Å²) in [6.07, 6.45) is 3.52. The summed E-state index contributed by atoms with van der Waals surface area (Å²) in [4.78, 5) is 12.1. The largest absolute Gasteiger partial charge is 0.493 e. The predicted molar refractivity (Wildman–Crippen MR) is 100 cm³/mol. The lowest BCUT2D eigenvalue weighted by molar-refractivity contribution is -0.543. The second kappa shape index (κ2) is 8.11. The average Bonchev–Trinajstić information content (AvgIpc) is 2.66. The van der Waals surface area contributed by atoms with Crippen molar-refractivity contribution in [1.29, 1.82) is 0 Å². The molecule has 5 heteroatoms. The van der Waals surface area contributed by atoms with Gasteiger partial charge in [0.15, 0.2) is 17.2 Å². The number of carbonyl (C=O) groups is 1. The number of hydrogen-bond donors (Lipinski definition) is 0. The summed E-state index contributed by atoms with van der Waals surface area (Å²) in [5.74, 6) is 2.34. The van der Waals surface area contributed by atoms with Crippen molar-refractivity contribution >= 4 is 11.7 Å². The molecule has 2 atom stereocenters. The van der Waals surface area contributed by atoms with E-state index in [9.17, 15) is 4.79 Å². The van der Waals surface area contributed by atoms with E-state index in [2.05, 4.69) is 23.6 Å². The molecule has 5 nitrogen and oxygen atoms in total. The Bertz CT molecular complexity index is 710. The number of hydrogen-bond acceptors (Lipinski definition) is 4. The summed E-state index contributed by atoms with van der Waals surface area (Å²) in [6, 6.07) is 4.20. The van der Waals surface area contributed by atoms with Gasteiger partial charge in [0.2, 0.25) is 0 Å². The molecule has 0 radical (unpaired) electrons. The fourth-order valence-electron chi connectivity index (χ4n) is 4.38. The molecule has 0 N–H and O–H groups in total. The summed E-state index contributed by atoms with van der Waals surface area (Å²) in [5.41, 5.74) is 3.89. The van der Waals surface area contributed by atoms with Crippen LogP contribution in [0.1, 0.15) is 44.2 Å². The number of fused-ring (bicyclic) bond motifs is 2. The Balaban J connectivity index is 1.93. The van der Waals surface area contributed by atoms with E-state index in [4.69, 9.17) is 14.2 Å². The van der Waals surface area contributed by atoms with Crippen LogP contribution >= 0.6 is 0 Å². The highest BCUT2D eigenvalue weighted by atomic mass is 16.5. The van der Waals surface area contributed by atoms with Gasteiger partial charge in [0.05, 0.1) is 20.8 Å². The molecule has 0 aliphatic carbocycles. The zero-order chi connectivity index (χ0) is 18.7. The third-order valence-corrected chi connectivity index (χ3v) is 5.79. The van der Waals surface area contributed by atoms with Crippen LogP contribution in [-0.2, 0) is 16.0 Å². The smallest absolute Gasteiger partial charge is 0.306 e. The van der Waals surface area contributed by atoms with Crippen LogP contribution in [0, 0.1) is 11.8 Å². The molecule has 0 fully saturated rings. The zero-order valence-electron chi connectivity index (χ0n) is 16.3. The Hall–Kier alpha value is -2.04. The lowest BCUT2D eigenvalue weighted by Crippen LogP contribution is -2.42. The minimum Gasteiger partial charge on any atom is -0.493 e. The molecule has 0 amide bonds. The molecule has 1 aromatic carbocycles. The predicted octanol–water partition coefficient (Wildman–Crippen LogP) is 3.06. The second-order valence-corrected chi connectivity index (χ2v) is 7.15. The van der Waals surface area contributed by atoms with Gasteiger partial charge in [-0.3, -0.25) is 4.79 Å². The maximum atomic E-state index is 12.1. The molecule has 3 rings (SSSR count). The molecular formula is C21H30NO4+. The van der Waals surface area contributed by atoms with E-state index in [0.717, 1.165) is 43.9 Å². The van der Waals surface area contributed by atoms with Crippen molar-refractivity contribution in [1.82, 2.24) is 0 Å². The minimum atomic E-state index is -0.0756.